The molecule has 5 rings (SSSR count). The minimum absolute atomic E-state index is 0.0463. The van der Waals surface area contributed by atoms with Gasteiger partial charge in [-0.25, -0.2) is 14.2 Å². The second kappa shape index (κ2) is 10.8. The van der Waals surface area contributed by atoms with Gasteiger partial charge >= 0.3 is 6.09 Å². The Hall–Kier alpha value is -3.80. The van der Waals surface area contributed by atoms with Gasteiger partial charge in [0.05, 0.1) is 29.5 Å². The number of benzene rings is 1. The quantitative estimate of drug-likeness (QED) is 0.502. The maximum absolute atomic E-state index is 14.0. The number of hydrogen-bond acceptors (Lipinski definition) is 8. The highest BCUT2D eigenvalue weighted by atomic mass is 19.1. The second-order valence-electron chi connectivity index (χ2n) is 11.1. The van der Waals surface area contributed by atoms with Crippen LogP contribution in [0.4, 0.5) is 9.18 Å². The Kier molecular flexibility index (Phi) is 7.39. The van der Waals surface area contributed by atoms with E-state index in [4.69, 9.17) is 9.47 Å². The fourth-order valence-electron chi connectivity index (χ4n) is 5.54. The first-order valence-electron chi connectivity index (χ1n) is 13.1. The van der Waals surface area contributed by atoms with Gasteiger partial charge in [0.25, 0.3) is 11.4 Å². The van der Waals surface area contributed by atoms with E-state index in [0.29, 0.717) is 74.0 Å². The number of carbonyl (C=O) groups is 1. The zero-order valence-corrected chi connectivity index (χ0v) is 22.3. The zero-order chi connectivity index (χ0) is 27.7. The van der Waals surface area contributed by atoms with E-state index < -0.39 is 11.9 Å². The lowest BCUT2D eigenvalue weighted by molar-refractivity contribution is 0.0127. The predicted molar refractivity (Wildman–Crippen MR) is 140 cm³/mol. The lowest BCUT2D eigenvalue weighted by atomic mass is 9.78. The highest BCUT2D eigenvalue weighted by molar-refractivity contribution is 5.74. The smallest absolute Gasteiger partial charge is 0.407 e. The number of fused-ring (bicyclic) bond motifs is 2. The van der Waals surface area contributed by atoms with E-state index in [1.54, 1.807) is 16.7 Å². The summed E-state index contributed by atoms with van der Waals surface area (Å²) in [6.45, 7) is 8.87. The number of amides is 1. The van der Waals surface area contributed by atoms with Crippen molar-refractivity contribution >= 4 is 17.1 Å². The Balaban J connectivity index is 1.33. The molecule has 1 fully saturated rings. The highest BCUT2D eigenvalue weighted by Gasteiger charge is 2.39. The molecule has 2 atom stereocenters. The second-order valence-corrected chi connectivity index (χ2v) is 11.1. The third kappa shape index (κ3) is 5.80. The lowest BCUT2D eigenvalue weighted by Crippen LogP contribution is -2.56. The summed E-state index contributed by atoms with van der Waals surface area (Å²) < 4.78 is 26.5. The van der Waals surface area contributed by atoms with Crippen LogP contribution >= 0.6 is 0 Å². The van der Waals surface area contributed by atoms with E-state index in [1.807, 2.05) is 0 Å². The van der Waals surface area contributed by atoms with Gasteiger partial charge in [-0.1, -0.05) is 20.8 Å². The first-order valence-corrected chi connectivity index (χ1v) is 13.1. The molecule has 0 saturated carbocycles. The van der Waals surface area contributed by atoms with Crippen LogP contribution in [-0.4, -0.2) is 79.1 Å². The third-order valence-corrected chi connectivity index (χ3v) is 7.48. The molecule has 2 aromatic heterocycles. The molecular formula is C27H33FN6O5. The van der Waals surface area contributed by atoms with Crippen molar-refractivity contribution in [1.29, 1.82) is 0 Å². The summed E-state index contributed by atoms with van der Waals surface area (Å²) in [5.41, 5.74) is 1.07. The summed E-state index contributed by atoms with van der Waals surface area (Å²) in [5, 5.41) is 18.3. The van der Waals surface area contributed by atoms with Gasteiger partial charge in [0.1, 0.15) is 19.0 Å². The summed E-state index contributed by atoms with van der Waals surface area (Å²) in [6, 6.07) is 5.74. The van der Waals surface area contributed by atoms with E-state index >= 15 is 0 Å². The lowest BCUT2D eigenvalue weighted by Gasteiger charge is -2.48. The summed E-state index contributed by atoms with van der Waals surface area (Å²) in [4.78, 5) is 32.9. The molecule has 2 unspecified atom stereocenters. The number of piperidine rings is 1. The Morgan fingerprint density at radius 3 is 2.74 bits per heavy atom. The number of nitrogens with zero attached hydrogens (tertiary/aromatic N) is 6. The fraction of sp³-hybridized carbons (Fsp3) is 0.519. The Bertz CT molecular complexity index is 1420. The van der Waals surface area contributed by atoms with Crippen molar-refractivity contribution in [1.82, 2.24) is 29.5 Å². The molecule has 0 aliphatic carbocycles. The van der Waals surface area contributed by atoms with Gasteiger partial charge < -0.3 is 19.1 Å². The number of halogens is 1. The van der Waals surface area contributed by atoms with Crippen molar-refractivity contribution in [2.24, 2.45) is 5.41 Å². The van der Waals surface area contributed by atoms with E-state index in [0.717, 1.165) is 0 Å². The van der Waals surface area contributed by atoms with Crippen molar-refractivity contribution < 1.29 is 23.8 Å². The van der Waals surface area contributed by atoms with E-state index in [9.17, 15) is 19.1 Å². The fourth-order valence-corrected chi connectivity index (χ4v) is 5.54. The van der Waals surface area contributed by atoms with Crippen LogP contribution in [0.15, 0.2) is 35.3 Å². The topological polar surface area (TPSA) is 123 Å². The Morgan fingerprint density at radius 2 is 1.97 bits per heavy atom. The van der Waals surface area contributed by atoms with Crippen molar-refractivity contribution in [3.8, 4) is 11.6 Å². The van der Waals surface area contributed by atoms with Gasteiger partial charge in [0.2, 0.25) is 0 Å². The molecule has 0 radical (unpaired) electrons. The molecule has 1 saturated heterocycles. The molecule has 11 nitrogen and oxygen atoms in total. The maximum atomic E-state index is 14.0. The van der Waals surface area contributed by atoms with Crippen LogP contribution in [0, 0.1) is 11.2 Å². The summed E-state index contributed by atoms with van der Waals surface area (Å²) >= 11 is 0. The van der Waals surface area contributed by atoms with E-state index in [2.05, 4.69) is 40.9 Å². The number of aromatic nitrogens is 4. The van der Waals surface area contributed by atoms with Gasteiger partial charge in [-0.15, -0.1) is 10.2 Å². The molecule has 2 aliphatic rings. The number of hydrogen-bond donors (Lipinski definition) is 1. The van der Waals surface area contributed by atoms with Crippen LogP contribution in [0.3, 0.4) is 0 Å². The van der Waals surface area contributed by atoms with Gasteiger partial charge in [-0.05, 0) is 36.5 Å². The molecule has 4 heterocycles. The molecule has 2 aliphatic heterocycles. The molecule has 0 bridgehead atoms. The predicted octanol–water partition coefficient (Wildman–Crippen LogP) is 3.16. The van der Waals surface area contributed by atoms with Crippen LogP contribution in [0.25, 0.3) is 11.0 Å². The molecular weight excluding hydrogens is 507 g/mol. The number of rotatable bonds is 6. The SMILES string of the molecule is CC(C)(C)C1CC(N(Cc2cc3c(nn2)OCCO3)C(=O)O)CCN1CCn1c(=O)cnc2ccc(F)cc21. The molecule has 1 amide bonds. The third-order valence-electron chi connectivity index (χ3n) is 7.48. The van der Waals surface area contributed by atoms with Crippen molar-refractivity contribution in [2.45, 2.75) is 58.8 Å². The van der Waals surface area contributed by atoms with Gasteiger partial charge in [0.15, 0.2) is 5.75 Å². The normalized spacial score (nSPS) is 19.7. The van der Waals surface area contributed by atoms with Crippen molar-refractivity contribution in [2.75, 3.05) is 26.3 Å². The Morgan fingerprint density at radius 1 is 1.18 bits per heavy atom. The minimum atomic E-state index is -1.02. The molecule has 0 spiro atoms. The average Bonchev–Trinajstić information content (AvgIpc) is 2.90. The van der Waals surface area contributed by atoms with E-state index in [-0.39, 0.29) is 29.6 Å². The summed E-state index contributed by atoms with van der Waals surface area (Å²) in [5.74, 6) is 0.364. The van der Waals surface area contributed by atoms with Crippen molar-refractivity contribution in [3.63, 3.8) is 0 Å². The van der Waals surface area contributed by atoms with Crippen LogP contribution in [0.5, 0.6) is 11.6 Å². The standard InChI is InChI=1S/C27H33FN6O5/c1-27(2,3)23-14-19(34(26(36)37)16-18-13-22-25(31-30-18)39-11-10-38-22)6-7-32(23)8-9-33-21-12-17(28)4-5-20(21)29-15-24(33)35/h4-5,12-13,15,19,23H,6-11,14,16H2,1-3H3,(H,36,37). The molecule has 12 heteroatoms. The van der Waals surface area contributed by atoms with Crippen LogP contribution in [0.2, 0.25) is 0 Å². The highest BCUT2D eigenvalue weighted by Crippen LogP contribution is 2.35. The Labute approximate surface area is 225 Å². The first kappa shape index (κ1) is 26.8. The largest absolute Gasteiger partial charge is 0.484 e. The van der Waals surface area contributed by atoms with E-state index in [1.165, 1.54) is 23.2 Å². The van der Waals surface area contributed by atoms with Gasteiger partial charge in [0, 0.05) is 37.8 Å². The number of carboxylic acid groups (broad SMARTS) is 1. The molecule has 3 aromatic rings. The monoisotopic (exact) mass is 540 g/mol. The minimum Gasteiger partial charge on any atom is -0.484 e. The first-order chi connectivity index (χ1) is 18.6. The average molecular weight is 541 g/mol. The van der Waals surface area contributed by atoms with Gasteiger partial charge in [-0.2, -0.15) is 0 Å². The van der Waals surface area contributed by atoms with Gasteiger partial charge in [-0.3, -0.25) is 14.6 Å². The van der Waals surface area contributed by atoms with Crippen LogP contribution < -0.4 is 15.0 Å². The van der Waals surface area contributed by atoms with Crippen LogP contribution in [0.1, 0.15) is 39.3 Å². The molecule has 1 N–H and O–H groups in total. The molecule has 39 heavy (non-hydrogen) atoms. The zero-order valence-electron chi connectivity index (χ0n) is 22.3. The summed E-state index contributed by atoms with van der Waals surface area (Å²) in [7, 11) is 0. The molecule has 1 aromatic carbocycles. The number of likely N-dealkylation sites (tertiary alicyclic amines) is 1. The summed E-state index contributed by atoms with van der Waals surface area (Å²) in [6.07, 6.45) is 1.49. The van der Waals surface area contributed by atoms with Crippen LogP contribution in [-0.2, 0) is 13.1 Å². The maximum Gasteiger partial charge on any atom is 0.407 e. The molecule has 208 valence electrons. The van der Waals surface area contributed by atoms with Crippen molar-refractivity contribution in [3.05, 3.63) is 52.3 Å². The number of ether oxygens (including phenoxy) is 2.